The van der Waals surface area contributed by atoms with Gasteiger partial charge in [-0.2, -0.15) is 20.1 Å². The van der Waals surface area contributed by atoms with Gasteiger partial charge in [-0.15, -0.1) is 0 Å². The number of nitro benzene ring substituents is 1. The highest BCUT2D eigenvalue weighted by Gasteiger charge is 2.15. The predicted octanol–water partition coefficient (Wildman–Crippen LogP) is 4.48. The molecular formula is C18H15Cl2FN8O2. The Morgan fingerprint density at radius 1 is 1.10 bits per heavy atom. The highest BCUT2D eigenvalue weighted by atomic mass is 35.5. The largest absolute Gasteiger partial charge is 0.347 e. The molecule has 0 aliphatic heterocycles. The fourth-order valence-electron chi connectivity index (χ4n) is 2.29. The minimum Gasteiger partial charge on any atom is -0.347 e. The molecule has 10 nitrogen and oxygen atoms in total. The molecule has 3 aromatic rings. The normalized spacial score (nSPS) is 10.9. The van der Waals surface area contributed by atoms with Crippen molar-refractivity contribution in [1.29, 1.82) is 0 Å². The Hall–Kier alpha value is -3.57. The molecule has 0 atom stereocenters. The quantitative estimate of drug-likeness (QED) is 0.298. The smallest absolute Gasteiger partial charge is 0.288 e. The topological polar surface area (TPSA) is 121 Å². The van der Waals surface area contributed by atoms with Gasteiger partial charge in [0.05, 0.1) is 16.2 Å². The predicted molar refractivity (Wildman–Crippen MR) is 118 cm³/mol. The van der Waals surface area contributed by atoms with Crippen molar-refractivity contribution in [2.75, 3.05) is 29.7 Å². The molecule has 31 heavy (non-hydrogen) atoms. The molecule has 0 unspecified atom stereocenters. The summed E-state index contributed by atoms with van der Waals surface area (Å²) in [5, 5.41) is 18.1. The standard InChI is InChI=1S/C18H15Cl2FN8O2/c1-28(2)18-25-16(23-12-5-3-11(21)4-6-12)24-17(26-18)27-22-9-10-7-15(29(30)31)14(20)8-13(10)19/h3-9H,1-2H3,(H2,23,24,25,26,27)/b22-9-. The van der Waals surface area contributed by atoms with Crippen LogP contribution in [-0.2, 0) is 0 Å². The lowest BCUT2D eigenvalue weighted by Crippen LogP contribution is -2.15. The summed E-state index contributed by atoms with van der Waals surface area (Å²) in [6, 6.07) is 8.14. The van der Waals surface area contributed by atoms with Crippen molar-refractivity contribution in [2.24, 2.45) is 5.10 Å². The van der Waals surface area contributed by atoms with Crippen LogP contribution in [0.1, 0.15) is 5.56 Å². The van der Waals surface area contributed by atoms with Gasteiger partial charge < -0.3 is 10.2 Å². The maximum Gasteiger partial charge on any atom is 0.288 e. The molecule has 2 N–H and O–H groups in total. The van der Waals surface area contributed by atoms with Crippen molar-refractivity contribution in [3.8, 4) is 0 Å². The van der Waals surface area contributed by atoms with Crippen LogP contribution < -0.4 is 15.6 Å². The van der Waals surface area contributed by atoms with Gasteiger partial charge in [-0.3, -0.25) is 10.1 Å². The summed E-state index contributed by atoms with van der Waals surface area (Å²) < 4.78 is 13.1. The SMILES string of the molecule is CN(C)c1nc(N/N=C\c2cc([N+](=O)[O-])c(Cl)cc2Cl)nc(Nc2ccc(F)cc2)n1. The van der Waals surface area contributed by atoms with Crippen molar-refractivity contribution < 1.29 is 9.31 Å². The molecule has 0 saturated heterocycles. The first-order valence-electron chi connectivity index (χ1n) is 8.61. The highest BCUT2D eigenvalue weighted by Crippen LogP contribution is 2.30. The van der Waals surface area contributed by atoms with Crippen molar-refractivity contribution in [3.63, 3.8) is 0 Å². The highest BCUT2D eigenvalue weighted by molar-refractivity contribution is 6.37. The molecule has 160 valence electrons. The Kier molecular flexibility index (Phi) is 6.78. The molecule has 0 bridgehead atoms. The van der Waals surface area contributed by atoms with E-state index in [-0.39, 0.29) is 39.0 Å². The monoisotopic (exact) mass is 464 g/mol. The Morgan fingerprint density at radius 2 is 1.77 bits per heavy atom. The molecule has 0 spiro atoms. The average molecular weight is 465 g/mol. The van der Waals surface area contributed by atoms with E-state index in [1.54, 1.807) is 19.0 Å². The molecule has 0 radical (unpaired) electrons. The molecule has 1 heterocycles. The van der Waals surface area contributed by atoms with Crippen LogP contribution in [0, 0.1) is 15.9 Å². The van der Waals surface area contributed by atoms with Crippen molar-refractivity contribution in [2.45, 2.75) is 0 Å². The van der Waals surface area contributed by atoms with E-state index in [1.165, 1.54) is 42.6 Å². The number of benzene rings is 2. The second kappa shape index (κ2) is 9.49. The number of hydrogen-bond acceptors (Lipinski definition) is 9. The average Bonchev–Trinajstić information content (AvgIpc) is 2.71. The number of aromatic nitrogens is 3. The molecule has 0 aliphatic carbocycles. The maximum atomic E-state index is 13.1. The summed E-state index contributed by atoms with van der Waals surface area (Å²) in [5.74, 6) is 0.257. The van der Waals surface area contributed by atoms with Crippen LogP contribution in [0.3, 0.4) is 0 Å². The maximum absolute atomic E-state index is 13.1. The molecule has 0 saturated carbocycles. The Balaban J connectivity index is 1.84. The van der Waals surface area contributed by atoms with E-state index >= 15 is 0 Å². The van der Waals surface area contributed by atoms with E-state index in [2.05, 4.69) is 30.8 Å². The van der Waals surface area contributed by atoms with Gasteiger partial charge in [0.1, 0.15) is 10.8 Å². The second-order valence-electron chi connectivity index (χ2n) is 6.26. The van der Waals surface area contributed by atoms with Gasteiger partial charge in [0.2, 0.25) is 17.8 Å². The Labute approximate surface area is 185 Å². The first-order chi connectivity index (χ1) is 14.7. The first kappa shape index (κ1) is 22.1. The van der Waals surface area contributed by atoms with Crippen LogP contribution in [0.2, 0.25) is 10.0 Å². The summed E-state index contributed by atoms with van der Waals surface area (Å²) in [6.07, 6.45) is 1.28. The van der Waals surface area contributed by atoms with E-state index in [0.717, 1.165) is 0 Å². The van der Waals surface area contributed by atoms with Crippen LogP contribution in [0.4, 0.5) is 33.6 Å². The molecular weight excluding hydrogens is 450 g/mol. The first-order valence-corrected chi connectivity index (χ1v) is 9.37. The van der Waals surface area contributed by atoms with Crippen molar-refractivity contribution >= 4 is 58.6 Å². The Morgan fingerprint density at radius 3 is 2.42 bits per heavy atom. The molecule has 3 rings (SSSR count). The third-order valence-corrected chi connectivity index (χ3v) is 4.39. The van der Waals surface area contributed by atoms with E-state index in [0.29, 0.717) is 11.6 Å². The van der Waals surface area contributed by atoms with Crippen LogP contribution in [0.5, 0.6) is 0 Å². The fraction of sp³-hybridized carbons (Fsp3) is 0.111. The summed E-state index contributed by atoms with van der Waals surface area (Å²) in [5.41, 5.74) is 3.19. The number of anilines is 4. The van der Waals surface area contributed by atoms with Crippen molar-refractivity contribution in [3.05, 3.63) is 67.9 Å². The van der Waals surface area contributed by atoms with Crippen molar-refractivity contribution in [1.82, 2.24) is 15.0 Å². The summed E-state index contributed by atoms with van der Waals surface area (Å²) in [6.45, 7) is 0. The number of hydrogen-bond donors (Lipinski definition) is 2. The van der Waals surface area contributed by atoms with Gasteiger partial charge in [0.15, 0.2) is 0 Å². The van der Waals surface area contributed by atoms with E-state index in [9.17, 15) is 14.5 Å². The van der Waals surface area contributed by atoms with E-state index in [1.807, 2.05) is 0 Å². The molecule has 2 aromatic carbocycles. The van der Waals surface area contributed by atoms with Gasteiger partial charge in [-0.05, 0) is 30.3 Å². The van der Waals surface area contributed by atoms with Gasteiger partial charge in [-0.1, -0.05) is 23.2 Å². The number of nitro groups is 1. The lowest BCUT2D eigenvalue weighted by atomic mass is 10.2. The number of nitrogens with one attached hydrogen (secondary N) is 2. The number of rotatable bonds is 7. The number of hydrazone groups is 1. The molecule has 13 heteroatoms. The number of halogens is 3. The van der Waals surface area contributed by atoms with Crippen LogP contribution in [-0.4, -0.2) is 40.2 Å². The third kappa shape index (κ3) is 5.74. The summed E-state index contributed by atoms with van der Waals surface area (Å²) in [4.78, 5) is 24.8. The van der Waals surface area contributed by atoms with Crippen LogP contribution in [0.15, 0.2) is 41.5 Å². The molecule has 1 aromatic heterocycles. The third-order valence-electron chi connectivity index (χ3n) is 3.75. The van der Waals surface area contributed by atoms with Gasteiger partial charge in [0.25, 0.3) is 5.69 Å². The lowest BCUT2D eigenvalue weighted by Gasteiger charge is -2.13. The van der Waals surface area contributed by atoms with E-state index < -0.39 is 4.92 Å². The summed E-state index contributed by atoms with van der Waals surface area (Å²) >= 11 is 11.9. The Bertz CT molecular complexity index is 1140. The van der Waals surface area contributed by atoms with E-state index in [4.69, 9.17) is 23.2 Å². The van der Waals surface area contributed by atoms with Gasteiger partial charge >= 0.3 is 0 Å². The minimum atomic E-state index is -0.619. The second-order valence-corrected chi connectivity index (χ2v) is 7.08. The molecule has 0 amide bonds. The summed E-state index contributed by atoms with van der Waals surface area (Å²) in [7, 11) is 3.49. The fourth-order valence-corrected chi connectivity index (χ4v) is 2.79. The zero-order chi connectivity index (χ0) is 22.5. The van der Waals surface area contributed by atoms with Crippen LogP contribution >= 0.6 is 23.2 Å². The lowest BCUT2D eigenvalue weighted by molar-refractivity contribution is -0.384. The molecule has 0 fully saturated rings. The molecule has 0 aliphatic rings. The van der Waals surface area contributed by atoms with Gasteiger partial charge in [0, 0.05) is 31.4 Å². The minimum absolute atomic E-state index is 0.0790. The number of nitrogens with zero attached hydrogens (tertiary/aromatic N) is 6. The zero-order valence-corrected chi connectivity index (χ0v) is 17.7. The van der Waals surface area contributed by atoms with Gasteiger partial charge in [-0.25, -0.2) is 9.82 Å². The van der Waals surface area contributed by atoms with Crippen LogP contribution in [0.25, 0.3) is 0 Å². The zero-order valence-electron chi connectivity index (χ0n) is 16.2.